The standard InChI is InChI=1S/C20H25N7O2S/c1-28-7-5-26(6-8-29-2)13-15-9-18(30-14-15)25-19-20-22-12-17(16-10-23-24-11-16)27(20)4-3-21-19/h3-4,9-12,14H,5-8,13H2,1-2H3,(H,21,25)(H,23,24). The van der Waals surface area contributed by atoms with Crippen molar-refractivity contribution < 1.29 is 9.47 Å². The fourth-order valence-corrected chi connectivity index (χ4v) is 4.02. The molecule has 0 radical (unpaired) electrons. The molecular weight excluding hydrogens is 402 g/mol. The minimum Gasteiger partial charge on any atom is -0.383 e. The highest BCUT2D eigenvalue weighted by Gasteiger charge is 2.13. The number of thiophene rings is 1. The third kappa shape index (κ3) is 4.68. The maximum atomic E-state index is 5.23. The summed E-state index contributed by atoms with van der Waals surface area (Å²) in [5.74, 6) is 0.719. The van der Waals surface area contributed by atoms with Crippen LogP contribution >= 0.6 is 11.3 Å². The number of hydrogen-bond donors (Lipinski definition) is 2. The highest BCUT2D eigenvalue weighted by Crippen LogP contribution is 2.28. The van der Waals surface area contributed by atoms with E-state index in [9.17, 15) is 0 Å². The van der Waals surface area contributed by atoms with Crippen molar-refractivity contribution in [3.8, 4) is 11.3 Å². The number of hydrogen-bond acceptors (Lipinski definition) is 8. The van der Waals surface area contributed by atoms with Gasteiger partial charge in [0.15, 0.2) is 11.5 Å². The first-order valence-corrected chi connectivity index (χ1v) is 10.5. The van der Waals surface area contributed by atoms with Gasteiger partial charge in [0, 0.05) is 58.0 Å². The molecule has 4 aromatic heterocycles. The van der Waals surface area contributed by atoms with E-state index in [-0.39, 0.29) is 0 Å². The fourth-order valence-electron chi connectivity index (χ4n) is 3.22. The molecule has 4 rings (SSSR count). The molecule has 0 bridgehead atoms. The van der Waals surface area contributed by atoms with Crippen molar-refractivity contribution >= 4 is 27.8 Å². The van der Waals surface area contributed by atoms with Gasteiger partial charge in [-0.05, 0) is 17.0 Å². The quantitative estimate of drug-likeness (QED) is 0.380. The Balaban J connectivity index is 1.49. The number of fused-ring (bicyclic) bond motifs is 1. The molecule has 0 aliphatic heterocycles. The topological polar surface area (TPSA) is 92.6 Å². The van der Waals surface area contributed by atoms with E-state index in [2.05, 4.69) is 41.8 Å². The predicted molar refractivity (Wildman–Crippen MR) is 117 cm³/mol. The Kier molecular flexibility index (Phi) is 6.70. The van der Waals surface area contributed by atoms with Gasteiger partial charge < -0.3 is 14.8 Å². The lowest BCUT2D eigenvalue weighted by atomic mass is 10.3. The summed E-state index contributed by atoms with van der Waals surface area (Å²) in [5.41, 5.74) is 3.95. The number of anilines is 2. The number of nitrogens with zero attached hydrogens (tertiary/aromatic N) is 5. The molecule has 30 heavy (non-hydrogen) atoms. The van der Waals surface area contributed by atoms with Crippen molar-refractivity contribution in [3.63, 3.8) is 0 Å². The largest absolute Gasteiger partial charge is 0.383 e. The molecule has 2 N–H and O–H groups in total. The molecule has 0 aromatic carbocycles. The summed E-state index contributed by atoms with van der Waals surface area (Å²) in [6.07, 6.45) is 9.13. The van der Waals surface area contributed by atoms with Crippen LogP contribution in [-0.4, -0.2) is 70.0 Å². The van der Waals surface area contributed by atoms with E-state index >= 15 is 0 Å². The third-order valence-corrected chi connectivity index (χ3v) is 5.64. The van der Waals surface area contributed by atoms with Crippen LogP contribution < -0.4 is 5.32 Å². The smallest absolute Gasteiger partial charge is 0.180 e. The van der Waals surface area contributed by atoms with Gasteiger partial charge in [-0.3, -0.25) is 14.4 Å². The van der Waals surface area contributed by atoms with Crippen molar-refractivity contribution in [1.82, 2.24) is 29.5 Å². The van der Waals surface area contributed by atoms with Crippen molar-refractivity contribution in [2.24, 2.45) is 0 Å². The average Bonchev–Trinajstić information content (AvgIpc) is 3.51. The zero-order chi connectivity index (χ0) is 20.8. The molecule has 9 nitrogen and oxygen atoms in total. The molecule has 4 aromatic rings. The second-order valence-corrected chi connectivity index (χ2v) is 7.72. The van der Waals surface area contributed by atoms with E-state index in [1.165, 1.54) is 5.56 Å². The Labute approximate surface area is 178 Å². The first-order valence-electron chi connectivity index (χ1n) is 9.64. The molecular formula is C20H25N7O2S. The summed E-state index contributed by atoms with van der Waals surface area (Å²) in [4.78, 5) is 11.4. The number of rotatable bonds is 11. The average molecular weight is 428 g/mol. The van der Waals surface area contributed by atoms with Gasteiger partial charge in [0.05, 0.1) is 36.3 Å². The molecule has 0 aliphatic carbocycles. The van der Waals surface area contributed by atoms with E-state index in [1.807, 2.05) is 23.0 Å². The molecule has 0 atom stereocenters. The van der Waals surface area contributed by atoms with E-state index in [1.54, 1.807) is 38.0 Å². The molecule has 0 aliphatic rings. The monoisotopic (exact) mass is 427 g/mol. The van der Waals surface area contributed by atoms with Crippen LogP contribution in [0, 0.1) is 0 Å². The van der Waals surface area contributed by atoms with Gasteiger partial charge in [-0.1, -0.05) is 0 Å². The van der Waals surface area contributed by atoms with Gasteiger partial charge in [-0.25, -0.2) is 9.97 Å². The molecule has 0 saturated heterocycles. The lowest BCUT2D eigenvalue weighted by molar-refractivity contribution is 0.110. The van der Waals surface area contributed by atoms with E-state index in [0.29, 0.717) is 13.2 Å². The molecule has 0 fully saturated rings. The molecule has 0 spiro atoms. The Morgan fingerprint density at radius 2 is 2.00 bits per heavy atom. The summed E-state index contributed by atoms with van der Waals surface area (Å²) in [6, 6.07) is 2.16. The van der Waals surface area contributed by atoms with Gasteiger partial charge in [0.1, 0.15) is 0 Å². The van der Waals surface area contributed by atoms with Crippen molar-refractivity contribution in [2.75, 3.05) is 45.8 Å². The molecule has 0 unspecified atom stereocenters. The van der Waals surface area contributed by atoms with Crippen LogP contribution in [0.1, 0.15) is 5.56 Å². The highest BCUT2D eigenvalue weighted by molar-refractivity contribution is 7.14. The predicted octanol–water partition coefficient (Wildman–Crippen LogP) is 3.02. The van der Waals surface area contributed by atoms with E-state index in [0.717, 1.165) is 47.4 Å². The summed E-state index contributed by atoms with van der Waals surface area (Å²) in [5, 5.41) is 13.5. The van der Waals surface area contributed by atoms with Crippen LogP contribution in [0.5, 0.6) is 0 Å². The SMILES string of the molecule is COCCN(CCOC)Cc1csc(Nc2nccn3c(-c4cn[nH]c4)cnc23)c1. The van der Waals surface area contributed by atoms with Gasteiger partial charge >= 0.3 is 0 Å². The number of ether oxygens (including phenoxy) is 2. The lowest BCUT2D eigenvalue weighted by Crippen LogP contribution is -2.30. The number of imidazole rings is 1. The minimum absolute atomic E-state index is 0.698. The Morgan fingerprint density at radius 3 is 2.73 bits per heavy atom. The van der Waals surface area contributed by atoms with Crippen LogP contribution in [-0.2, 0) is 16.0 Å². The highest BCUT2D eigenvalue weighted by atomic mass is 32.1. The number of H-pyrrole nitrogens is 1. The summed E-state index contributed by atoms with van der Waals surface area (Å²) in [6.45, 7) is 3.97. The first kappa shape index (κ1) is 20.5. The second-order valence-electron chi connectivity index (χ2n) is 6.81. The second kappa shape index (κ2) is 9.81. The maximum Gasteiger partial charge on any atom is 0.180 e. The molecule has 4 heterocycles. The van der Waals surface area contributed by atoms with Crippen LogP contribution in [0.3, 0.4) is 0 Å². The lowest BCUT2D eigenvalue weighted by Gasteiger charge is -2.20. The molecule has 0 saturated carbocycles. The fraction of sp³-hybridized carbons (Fsp3) is 0.350. The van der Waals surface area contributed by atoms with Gasteiger partial charge in [0.25, 0.3) is 0 Å². The van der Waals surface area contributed by atoms with Crippen LogP contribution in [0.2, 0.25) is 0 Å². The van der Waals surface area contributed by atoms with Crippen LogP contribution in [0.15, 0.2) is 42.4 Å². The van der Waals surface area contributed by atoms with Gasteiger partial charge in [-0.15, -0.1) is 11.3 Å². The van der Waals surface area contributed by atoms with Gasteiger partial charge in [0.2, 0.25) is 0 Å². The summed E-state index contributed by atoms with van der Waals surface area (Å²) < 4.78 is 12.5. The first-order chi connectivity index (χ1) is 14.8. The number of methoxy groups -OCH3 is 2. The third-order valence-electron chi connectivity index (χ3n) is 4.75. The summed E-state index contributed by atoms with van der Waals surface area (Å²) >= 11 is 1.65. The van der Waals surface area contributed by atoms with E-state index in [4.69, 9.17) is 9.47 Å². The number of nitrogens with one attached hydrogen (secondary N) is 2. The van der Waals surface area contributed by atoms with Crippen molar-refractivity contribution in [3.05, 3.63) is 48.0 Å². The Bertz CT molecular complexity index is 1050. The number of aromatic amines is 1. The van der Waals surface area contributed by atoms with Gasteiger partial charge in [-0.2, -0.15) is 5.10 Å². The normalized spacial score (nSPS) is 11.6. The summed E-state index contributed by atoms with van der Waals surface area (Å²) in [7, 11) is 3.45. The Morgan fingerprint density at radius 1 is 1.17 bits per heavy atom. The molecule has 10 heteroatoms. The van der Waals surface area contributed by atoms with Crippen LogP contribution in [0.25, 0.3) is 16.9 Å². The zero-order valence-corrected chi connectivity index (χ0v) is 17.9. The van der Waals surface area contributed by atoms with Crippen molar-refractivity contribution in [1.29, 1.82) is 0 Å². The molecule has 0 amide bonds. The Hall–Kier alpha value is -2.79. The number of aromatic nitrogens is 5. The maximum absolute atomic E-state index is 5.23. The van der Waals surface area contributed by atoms with Crippen LogP contribution in [0.4, 0.5) is 10.8 Å². The molecule has 158 valence electrons. The van der Waals surface area contributed by atoms with E-state index < -0.39 is 0 Å². The van der Waals surface area contributed by atoms with Crippen molar-refractivity contribution in [2.45, 2.75) is 6.54 Å². The zero-order valence-electron chi connectivity index (χ0n) is 17.0. The minimum atomic E-state index is 0.698.